The van der Waals surface area contributed by atoms with Gasteiger partial charge in [-0.25, -0.2) is 0 Å². The van der Waals surface area contributed by atoms with Gasteiger partial charge in [-0.2, -0.15) is 0 Å². The molecule has 0 N–H and O–H groups in total. The van der Waals surface area contributed by atoms with E-state index >= 15 is 0 Å². The highest BCUT2D eigenvalue weighted by atomic mass is 16.6. The number of ether oxygens (including phenoxy) is 2. The summed E-state index contributed by atoms with van der Waals surface area (Å²) < 4.78 is 11.7. The fourth-order valence-corrected chi connectivity index (χ4v) is 1.80. The number of hydrogen-bond donors (Lipinski definition) is 0. The number of aromatic nitrogens is 3. The highest BCUT2D eigenvalue weighted by Gasteiger charge is 2.18. The van der Waals surface area contributed by atoms with Crippen LogP contribution in [0.4, 0.5) is 5.69 Å². The molecule has 2 aromatic rings. The lowest BCUT2D eigenvalue weighted by Crippen LogP contribution is -2.05. The molecule has 106 valence electrons. The minimum atomic E-state index is -0.488. The van der Waals surface area contributed by atoms with Crippen LogP contribution in [0.1, 0.15) is 0 Å². The molecule has 1 heterocycles. The smallest absolute Gasteiger partial charge is 0.311 e. The maximum absolute atomic E-state index is 11.0. The molecule has 1 aromatic carbocycles. The molecule has 0 saturated heterocycles. The topological polar surface area (TPSA) is 92.3 Å². The molecule has 0 aliphatic heterocycles. The maximum Gasteiger partial charge on any atom is 0.311 e. The van der Waals surface area contributed by atoms with Gasteiger partial charge in [0.2, 0.25) is 0 Å². The predicted molar refractivity (Wildman–Crippen MR) is 70.5 cm³/mol. The second-order valence-corrected chi connectivity index (χ2v) is 3.98. The van der Waals surface area contributed by atoms with Gasteiger partial charge in [-0.3, -0.25) is 10.1 Å². The third kappa shape index (κ3) is 2.75. The fraction of sp³-hybridized carbons (Fsp3) is 0.333. The van der Waals surface area contributed by atoms with Crippen LogP contribution in [0.3, 0.4) is 0 Å². The Balaban J connectivity index is 2.40. The summed E-state index contributed by atoms with van der Waals surface area (Å²) in [5.74, 6) is 0.759. The van der Waals surface area contributed by atoms with Gasteiger partial charge in [0, 0.05) is 25.3 Å². The van der Waals surface area contributed by atoms with Crippen LogP contribution in [0.5, 0.6) is 5.75 Å². The summed E-state index contributed by atoms with van der Waals surface area (Å²) in [5.41, 5.74) is 0.498. The van der Waals surface area contributed by atoms with Crippen molar-refractivity contribution in [2.45, 2.75) is 6.54 Å². The predicted octanol–water partition coefficient (Wildman–Crippen LogP) is 1.51. The summed E-state index contributed by atoms with van der Waals surface area (Å²) in [7, 11) is 2.99. The first-order valence-electron chi connectivity index (χ1n) is 5.87. The normalized spacial score (nSPS) is 10.5. The largest absolute Gasteiger partial charge is 0.490 e. The first-order valence-corrected chi connectivity index (χ1v) is 5.87. The van der Waals surface area contributed by atoms with Gasteiger partial charge in [0.15, 0.2) is 11.6 Å². The molecule has 0 radical (unpaired) electrons. The molecule has 0 aliphatic carbocycles. The lowest BCUT2D eigenvalue weighted by atomic mass is 10.1. The quantitative estimate of drug-likeness (QED) is 0.587. The molecule has 8 heteroatoms. The Hall–Kier alpha value is -2.48. The molecule has 0 aliphatic rings. The van der Waals surface area contributed by atoms with Crippen molar-refractivity contribution in [1.82, 2.24) is 14.8 Å². The van der Waals surface area contributed by atoms with E-state index in [2.05, 4.69) is 10.2 Å². The van der Waals surface area contributed by atoms with Crippen molar-refractivity contribution in [1.29, 1.82) is 0 Å². The summed E-state index contributed by atoms with van der Waals surface area (Å²) in [5, 5.41) is 18.8. The molecule has 0 unspecified atom stereocenters. The van der Waals surface area contributed by atoms with E-state index in [4.69, 9.17) is 9.47 Å². The zero-order chi connectivity index (χ0) is 14.5. The molecule has 0 amide bonds. The molecule has 8 nitrogen and oxygen atoms in total. The van der Waals surface area contributed by atoms with Crippen molar-refractivity contribution in [3.05, 3.63) is 34.6 Å². The average Bonchev–Trinajstić information content (AvgIpc) is 2.92. The number of nitrogens with zero attached hydrogens (tertiary/aromatic N) is 4. The van der Waals surface area contributed by atoms with Gasteiger partial charge >= 0.3 is 5.69 Å². The van der Waals surface area contributed by atoms with Gasteiger partial charge in [-0.15, -0.1) is 10.2 Å². The molecule has 20 heavy (non-hydrogen) atoms. The monoisotopic (exact) mass is 278 g/mol. The molecular formula is C12H14N4O4. The first-order chi connectivity index (χ1) is 9.67. The van der Waals surface area contributed by atoms with E-state index < -0.39 is 4.92 Å². The van der Waals surface area contributed by atoms with Crippen molar-refractivity contribution in [2.75, 3.05) is 20.8 Å². The van der Waals surface area contributed by atoms with Crippen LogP contribution < -0.4 is 4.74 Å². The molecule has 0 spiro atoms. The second-order valence-electron chi connectivity index (χ2n) is 3.98. The molecule has 0 atom stereocenters. The highest BCUT2D eigenvalue weighted by molar-refractivity contribution is 5.63. The van der Waals surface area contributed by atoms with Crippen LogP contribution in [0.25, 0.3) is 11.4 Å². The van der Waals surface area contributed by atoms with E-state index in [1.165, 1.54) is 13.2 Å². The zero-order valence-corrected chi connectivity index (χ0v) is 11.1. The molecule has 0 bridgehead atoms. The van der Waals surface area contributed by atoms with Crippen molar-refractivity contribution in [2.24, 2.45) is 0 Å². The van der Waals surface area contributed by atoms with Gasteiger partial charge in [0.25, 0.3) is 0 Å². The van der Waals surface area contributed by atoms with Crippen LogP contribution in [0, 0.1) is 10.1 Å². The maximum atomic E-state index is 11.0. The highest BCUT2D eigenvalue weighted by Crippen LogP contribution is 2.31. The average molecular weight is 278 g/mol. The lowest BCUT2D eigenvalue weighted by Gasteiger charge is -2.07. The van der Waals surface area contributed by atoms with Gasteiger partial charge in [-0.05, 0) is 12.1 Å². The van der Waals surface area contributed by atoms with Crippen molar-refractivity contribution in [3.8, 4) is 17.1 Å². The van der Waals surface area contributed by atoms with Gasteiger partial charge in [0.05, 0.1) is 18.6 Å². The zero-order valence-electron chi connectivity index (χ0n) is 11.1. The third-order valence-electron chi connectivity index (χ3n) is 2.79. The van der Waals surface area contributed by atoms with Gasteiger partial charge in [-0.1, -0.05) is 0 Å². The SMILES string of the molecule is COCCn1cnnc1-c1ccc(OC)c([N+](=O)[O-])c1. The van der Waals surface area contributed by atoms with E-state index in [0.717, 1.165) is 0 Å². The number of hydrogen-bond acceptors (Lipinski definition) is 6. The summed E-state index contributed by atoms with van der Waals surface area (Å²) >= 11 is 0. The summed E-state index contributed by atoms with van der Waals surface area (Å²) in [6.07, 6.45) is 1.56. The van der Waals surface area contributed by atoms with Crippen molar-refractivity contribution < 1.29 is 14.4 Å². The Bertz CT molecular complexity index is 611. The van der Waals surface area contributed by atoms with Crippen LogP contribution in [-0.2, 0) is 11.3 Å². The van der Waals surface area contributed by atoms with Gasteiger partial charge < -0.3 is 14.0 Å². The minimum Gasteiger partial charge on any atom is -0.490 e. The Morgan fingerprint density at radius 2 is 2.20 bits per heavy atom. The number of methoxy groups -OCH3 is 2. The van der Waals surface area contributed by atoms with Crippen LogP contribution >= 0.6 is 0 Å². The molecular weight excluding hydrogens is 264 g/mol. The Morgan fingerprint density at radius 3 is 2.85 bits per heavy atom. The Kier molecular flexibility index (Phi) is 4.26. The lowest BCUT2D eigenvalue weighted by molar-refractivity contribution is -0.385. The number of nitro benzene ring substituents is 1. The standard InChI is InChI=1S/C12H14N4O4/c1-19-6-5-15-8-13-14-12(15)9-3-4-11(20-2)10(7-9)16(17)18/h3-4,7-8H,5-6H2,1-2H3. The Labute approximate surface area is 115 Å². The van der Waals surface area contributed by atoms with E-state index in [0.29, 0.717) is 24.5 Å². The van der Waals surface area contributed by atoms with E-state index in [1.807, 2.05) is 0 Å². The van der Waals surface area contributed by atoms with E-state index in [-0.39, 0.29) is 11.4 Å². The number of benzene rings is 1. The van der Waals surface area contributed by atoms with Gasteiger partial charge in [0.1, 0.15) is 6.33 Å². The second kappa shape index (κ2) is 6.11. The minimum absolute atomic E-state index is 0.105. The fourth-order valence-electron chi connectivity index (χ4n) is 1.80. The van der Waals surface area contributed by atoms with E-state index in [1.54, 1.807) is 30.1 Å². The summed E-state index contributed by atoms with van der Waals surface area (Å²) in [4.78, 5) is 10.5. The summed E-state index contributed by atoms with van der Waals surface area (Å²) in [6.45, 7) is 1.07. The molecule has 1 aromatic heterocycles. The van der Waals surface area contributed by atoms with Crippen LogP contribution in [0.15, 0.2) is 24.5 Å². The van der Waals surface area contributed by atoms with Crippen molar-refractivity contribution >= 4 is 5.69 Å². The van der Waals surface area contributed by atoms with Crippen molar-refractivity contribution in [3.63, 3.8) is 0 Å². The molecule has 2 rings (SSSR count). The molecule has 0 fully saturated rings. The van der Waals surface area contributed by atoms with E-state index in [9.17, 15) is 10.1 Å². The number of nitro groups is 1. The first kappa shape index (κ1) is 13.9. The van der Waals surface area contributed by atoms with Crippen LogP contribution in [-0.4, -0.2) is 40.5 Å². The molecule has 0 saturated carbocycles. The van der Waals surface area contributed by atoms with Crippen LogP contribution in [0.2, 0.25) is 0 Å². The Morgan fingerprint density at radius 1 is 1.40 bits per heavy atom. The number of rotatable bonds is 6. The summed E-state index contributed by atoms with van der Waals surface area (Å²) in [6, 6.07) is 4.67. The third-order valence-corrected chi connectivity index (χ3v) is 2.79.